The lowest BCUT2D eigenvalue weighted by Gasteiger charge is -2.19. The molecule has 1 heterocycles. The molecule has 0 aliphatic carbocycles. The molecular formula is C13H17F2N3O3S. The van der Waals surface area contributed by atoms with Crippen molar-refractivity contribution in [2.75, 3.05) is 30.8 Å². The Labute approximate surface area is 127 Å². The molecule has 1 aromatic carbocycles. The third-order valence-corrected chi connectivity index (χ3v) is 3.97. The Morgan fingerprint density at radius 1 is 1.41 bits per heavy atom. The number of carbonyl (C=O) groups excluding carboxylic acids is 1. The van der Waals surface area contributed by atoms with Crippen LogP contribution in [0, 0.1) is 11.6 Å². The molecule has 0 aromatic heterocycles. The van der Waals surface area contributed by atoms with Gasteiger partial charge in [-0.05, 0) is 18.6 Å². The fourth-order valence-electron chi connectivity index (χ4n) is 2.31. The Hall–Kier alpha value is -1.74. The third-order valence-electron chi connectivity index (χ3n) is 3.30. The first-order valence-electron chi connectivity index (χ1n) is 6.68. The standard InChI is InChI=1S/C13H17F2N3O3S/c1-22(20,21)16-7-13(19)17-10-4-5-18(8-10)12-3-2-9(14)6-11(12)15/h2-3,6,10,16H,4-5,7-8H2,1H3,(H,17,19)/t10-/m0/s1. The maximum absolute atomic E-state index is 13.7. The van der Waals surface area contributed by atoms with E-state index >= 15 is 0 Å². The molecule has 0 bridgehead atoms. The minimum Gasteiger partial charge on any atom is -0.367 e. The molecular weight excluding hydrogens is 316 g/mol. The zero-order chi connectivity index (χ0) is 16.3. The summed E-state index contributed by atoms with van der Waals surface area (Å²) >= 11 is 0. The lowest BCUT2D eigenvalue weighted by atomic mass is 10.2. The summed E-state index contributed by atoms with van der Waals surface area (Å²) in [6.07, 6.45) is 1.57. The van der Waals surface area contributed by atoms with E-state index in [2.05, 4.69) is 10.0 Å². The van der Waals surface area contributed by atoms with Crippen molar-refractivity contribution in [1.29, 1.82) is 0 Å². The van der Waals surface area contributed by atoms with Crippen LogP contribution in [0.15, 0.2) is 18.2 Å². The van der Waals surface area contributed by atoms with Gasteiger partial charge < -0.3 is 10.2 Å². The number of hydrogen-bond donors (Lipinski definition) is 2. The second-order valence-corrected chi connectivity index (χ2v) is 7.02. The van der Waals surface area contributed by atoms with Gasteiger partial charge in [0.25, 0.3) is 0 Å². The number of halogens is 2. The molecule has 1 aliphatic heterocycles. The molecule has 0 unspecified atom stereocenters. The van der Waals surface area contributed by atoms with Crippen molar-refractivity contribution in [3.63, 3.8) is 0 Å². The van der Waals surface area contributed by atoms with Gasteiger partial charge in [-0.25, -0.2) is 21.9 Å². The van der Waals surface area contributed by atoms with E-state index in [9.17, 15) is 22.0 Å². The average molecular weight is 333 g/mol. The molecule has 2 N–H and O–H groups in total. The van der Waals surface area contributed by atoms with Gasteiger partial charge in [0.05, 0.1) is 18.5 Å². The summed E-state index contributed by atoms with van der Waals surface area (Å²) in [5.74, 6) is -1.74. The van der Waals surface area contributed by atoms with Crippen molar-refractivity contribution in [3.8, 4) is 0 Å². The molecule has 0 spiro atoms. The summed E-state index contributed by atoms with van der Waals surface area (Å²) in [4.78, 5) is 13.3. The van der Waals surface area contributed by atoms with Crippen LogP contribution >= 0.6 is 0 Å². The van der Waals surface area contributed by atoms with Crippen LogP contribution in [-0.4, -0.2) is 46.3 Å². The molecule has 22 heavy (non-hydrogen) atoms. The van der Waals surface area contributed by atoms with E-state index in [1.165, 1.54) is 12.1 Å². The van der Waals surface area contributed by atoms with Gasteiger partial charge in [0.1, 0.15) is 11.6 Å². The molecule has 2 rings (SSSR count). The highest BCUT2D eigenvalue weighted by Crippen LogP contribution is 2.24. The topological polar surface area (TPSA) is 78.5 Å². The number of nitrogens with zero attached hydrogens (tertiary/aromatic N) is 1. The first kappa shape index (κ1) is 16.6. The van der Waals surface area contributed by atoms with Gasteiger partial charge in [0, 0.05) is 25.2 Å². The Balaban J connectivity index is 1.89. The molecule has 1 fully saturated rings. The number of rotatable bonds is 5. The zero-order valence-corrected chi connectivity index (χ0v) is 12.8. The number of sulfonamides is 1. The van der Waals surface area contributed by atoms with Crippen LogP contribution in [0.2, 0.25) is 0 Å². The average Bonchev–Trinajstić information content (AvgIpc) is 2.84. The number of carbonyl (C=O) groups is 1. The minimum atomic E-state index is -3.42. The van der Waals surface area contributed by atoms with Gasteiger partial charge in [-0.2, -0.15) is 0 Å². The number of benzene rings is 1. The fraction of sp³-hybridized carbons (Fsp3) is 0.462. The van der Waals surface area contributed by atoms with Crippen molar-refractivity contribution < 1.29 is 22.0 Å². The molecule has 6 nitrogen and oxygen atoms in total. The highest BCUT2D eigenvalue weighted by molar-refractivity contribution is 7.88. The summed E-state index contributed by atoms with van der Waals surface area (Å²) in [5.41, 5.74) is 0.285. The van der Waals surface area contributed by atoms with Crippen molar-refractivity contribution in [3.05, 3.63) is 29.8 Å². The van der Waals surface area contributed by atoms with Crippen LogP contribution in [0.1, 0.15) is 6.42 Å². The maximum atomic E-state index is 13.7. The summed E-state index contributed by atoms with van der Waals surface area (Å²) in [7, 11) is -3.42. The molecule has 9 heteroatoms. The van der Waals surface area contributed by atoms with Crippen LogP contribution in [0.4, 0.5) is 14.5 Å². The van der Waals surface area contributed by atoms with E-state index in [1.807, 2.05) is 0 Å². The predicted molar refractivity (Wildman–Crippen MR) is 78.0 cm³/mol. The minimum absolute atomic E-state index is 0.210. The van der Waals surface area contributed by atoms with E-state index in [-0.39, 0.29) is 18.3 Å². The Bertz CT molecular complexity index is 666. The number of amides is 1. The van der Waals surface area contributed by atoms with Crippen molar-refractivity contribution in [2.24, 2.45) is 0 Å². The van der Waals surface area contributed by atoms with Gasteiger partial charge in [0.2, 0.25) is 15.9 Å². The molecule has 1 atom stereocenters. The van der Waals surface area contributed by atoms with Gasteiger partial charge >= 0.3 is 0 Å². The Kier molecular flexibility index (Phi) is 4.97. The van der Waals surface area contributed by atoms with E-state index in [0.29, 0.717) is 19.5 Å². The van der Waals surface area contributed by atoms with Crippen molar-refractivity contribution in [2.45, 2.75) is 12.5 Å². The largest absolute Gasteiger partial charge is 0.367 e. The van der Waals surface area contributed by atoms with E-state index in [1.54, 1.807) is 4.90 Å². The molecule has 1 saturated heterocycles. The summed E-state index contributed by atoms with van der Waals surface area (Å²) in [5, 5.41) is 2.68. The monoisotopic (exact) mass is 333 g/mol. The summed E-state index contributed by atoms with van der Waals surface area (Å²) in [6, 6.07) is 3.15. The van der Waals surface area contributed by atoms with E-state index in [4.69, 9.17) is 0 Å². The number of anilines is 1. The summed E-state index contributed by atoms with van der Waals surface area (Å²) in [6.45, 7) is 0.570. The smallest absolute Gasteiger partial charge is 0.235 e. The van der Waals surface area contributed by atoms with Crippen LogP contribution in [0.25, 0.3) is 0 Å². The van der Waals surface area contributed by atoms with Crippen LogP contribution < -0.4 is 14.9 Å². The Morgan fingerprint density at radius 3 is 2.77 bits per heavy atom. The van der Waals surface area contributed by atoms with Crippen molar-refractivity contribution in [1.82, 2.24) is 10.0 Å². The first-order chi connectivity index (χ1) is 10.2. The summed E-state index contributed by atoms with van der Waals surface area (Å²) < 4.78 is 50.5. The van der Waals surface area contributed by atoms with E-state index < -0.39 is 27.6 Å². The van der Waals surface area contributed by atoms with Gasteiger partial charge in [-0.15, -0.1) is 0 Å². The fourth-order valence-corrected chi connectivity index (χ4v) is 2.70. The zero-order valence-electron chi connectivity index (χ0n) is 12.0. The molecule has 0 saturated carbocycles. The first-order valence-corrected chi connectivity index (χ1v) is 8.58. The number of nitrogens with one attached hydrogen (secondary N) is 2. The molecule has 0 radical (unpaired) electrons. The molecule has 1 aromatic rings. The van der Waals surface area contributed by atoms with Gasteiger partial charge in [0.15, 0.2) is 0 Å². The van der Waals surface area contributed by atoms with Crippen molar-refractivity contribution >= 4 is 21.6 Å². The normalized spacial score (nSPS) is 18.5. The third kappa shape index (κ3) is 4.63. The maximum Gasteiger partial charge on any atom is 0.235 e. The van der Waals surface area contributed by atoms with Crippen LogP contribution in [-0.2, 0) is 14.8 Å². The lowest BCUT2D eigenvalue weighted by molar-refractivity contribution is -0.120. The molecule has 1 aliphatic rings. The molecule has 1 amide bonds. The van der Waals surface area contributed by atoms with E-state index in [0.717, 1.165) is 12.3 Å². The Morgan fingerprint density at radius 2 is 2.14 bits per heavy atom. The second kappa shape index (κ2) is 6.57. The lowest BCUT2D eigenvalue weighted by Crippen LogP contribution is -2.42. The predicted octanol–water partition coefficient (Wildman–Crippen LogP) is 0.209. The van der Waals surface area contributed by atoms with Crippen LogP contribution in [0.5, 0.6) is 0 Å². The van der Waals surface area contributed by atoms with Gasteiger partial charge in [-0.3, -0.25) is 4.79 Å². The SMILES string of the molecule is CS(=O)(=O)NCC(=O)N[C@H]1CCN(c2ccc(F)cc2F)C1. The highest BCUT2D eigenvalue weighted by atomic mass is 32.2. The molecule has 122 valence electrons. The van der Waals surface area contributed by atoms with Gasteiger partial charge in [-0.1, -0.05) is 0 Å². The number of hydrogen-bond acceptors (Lipinski definition) is 4. The second-order valence-electron chi connectivity index (χ2n) is 5.19. The van der Waals surface area contributed by atoms with Crippen LogP contribution in [0.3, 0.4) is 0 Å². The quantitative estimate of drug-likeness (QED) is 0.807. The highest BCUT2D eigenvalue weighted by Gasteiger charge is 2.25.